The quantitative estimate of drug-likeness (QED) is 0.869. The largest absolute Gasteiger partial charge is 0.336 e. The van der Waals surface area contributed by atoms with Gasteiger partial charge in [-0.1, -0.05) is 30.4 Å². The fourth-order valence-corrected chi connectivity index (χ4v) is 2.81. The van der Waals surface area contributed by atoms with Crippen LogP contribution in [0, 0.1) is 19.8 Å². The highest BCUT2D eigenvalue weighted by Crippen LogP contribution is 2.21. The van der Waals surface area contributed by atoms with Crippen molar-refractivity contribution in [2.45, 2.75) is 33.1 Å². The summed E-state index contributed by atoms with van der Waals surface area (Å²) < 4.78 is 0. The van der Waals surface area contributed by atoms with Crippen LogP contribution in [0.2, 0.25) is 0 Å². The summed E-state index contributed by atoms with van der Waals surface area (Å²) in [5.74, 6) is -0.0800. The zero-order chi connectivity index (χ0) is 16.1. The SMILES string of the molecule is Cc1cccc(C)c1NC(=O)CN(C)C(=O)C1CC=CCC1. The van der Waals surface area contributed by atoms with E-state index in [9.17, 15) is 9.59 Å². The lowest BCUT2D eigenvalue weighted by atomic mass is 9.93. The molecule has 0 aromatic heterocycles. The Morgan fingerprint density at radius 1 is 1.23 bits per heavy atom. The molecule has 0 aliphatic heterocycles. The van der Waals surface area contributed by atoms with Gasteiger partial charge in [0.15, 0.2) is 0 Å². The van der Waals surface area contributed by atoms with E-state index in [-0.39, 0.29) is 24.3 Å². The highest BCUT2D eigenvalue weighted by atomic mass is 16.2. The molecule has 4 heteroatoms. The third-order valence-corrected chi connectivity index (χ3v) is 4.12. The van der Waals surface area contributed by atoms with E-state index in [1.54, 1.807) is 7.05 Å². The highest BCUT2D eigenvalue weighted by molar-refractivity contribution is 5.96. The number of likely N-dealkylation sites (N-methyl/N-ethyl adjacent to an activating group) is 1. The molecule has 1 unspecified atom stereocenters. The van der Waals surface area contributed by atoms with Crippen LogP contribution in [0.3, 0.4) is 0 Å². The van der Waals surface area contributed by atoms with Gasteiger partial charge < -0.3 is 10.2 Å². The summed E-state index contributed by atoms with van der Waals surface area (Å²) in [6, 6.07) is 5.89. The van der Waals surface area contributed by atoms with Gasteiger partial charge in [0.05, 0.1) is 6.54 Å². The van der Waals surface area contributed by atoms with Crippen molar-refractivity contribution >= 4 is 17.5 Å². The fourth-order valence-electron chi connectivity index (χ4n) is 2.81. The van der Waals surface area contributed by atoms with Crippen LogP contribution in [0.25, 0.3) is 0 Å². The van der Waals surface area contributed by atoms with Gasteiger partial charge in [-0.2, -0.15) is 0 Å². The van der Waals surface area contributed by atoms with Crippen LogP contribution in [-0.4, -0.2) is 30.3 Å². The zero-order valence-corrected chi connectivity index (χ0v) is 13.6. The molecule has 1 N–H and O–H groups in total. The van der Waals surface area contributed by atoms with Gasteiger partial charge in [0.1, 0.15) is 0 Å². The van der Waals surface area contributed by atoms with Crippen molar-refractivity contribution < 1.29 is 9.59 Å². The summed E-state index contributed by atoms with van der Waals surface area (Å²) in [5, 5.41) is 2.92. The van der Waals surface area contributed by atoms with Crippen molar-refractivity contribution in [1.29, 1.82) is 0 Å². The number of rotatable bonds is 4. The number of aryl methyl sites for hydroxylation is 2. The van der Waals surface area contributed by atoms with Crippen molar-refractivity contribution in [1.82, 2.24) is 4.90 Å². The molecule has 1 aliphatic rings. The number of carbonyl (C=O) groups excluding carboxylic acids is 2. The van der Waals surface area contributed by atoms with Gasteiger partial charge in [0, 0.05) is 18.7 Å². The maximum atomic E-state index is 12.3. The fraction of sp³-hybridized carbons (Fsp3) is 0.444. The maximum Gasteiger partial charge on any atom is 0.243 e. The molecule has 2 rings (SSSR count). The van der Waals surface area contributed by atoms with Crippen molar-refractivity contribution in [2.24, 2.45) is 5.92 Å². The van der Waals surface area contributed by atoms with E-state index in [2.05, 4.69) is 17.5 Å². The number of hydrogen-bond acceptors (Lipinski definition) is 2. The molecule has 0 spiro atoms. The maximum absolute atomic E-state index is 12.3. The minimum atomic E-state index is -0.153. The van der Waals surface area contributed by atoms with Crippen LogP contribution in [0.5, 0.6) is 0 Å². The molecule has 118 valence electrons. The average molecular weight is 300 g/mol. The summed E-state index contributed by atoms with van der Waals surface area (Å²) in [5.41, 5.74) is 2.90. The van der Waals surface area contributed by atoms with Crippen LogP contribution in [0.4, 0.5) is 5.69 Å². The lowest BCUT2D eigenvalue weighted by molar-refractivity contribution is -0.137. The number of amides is 2. The van der Waals surface area contributed by atoms with Gasteiger partial charge in [0.25, 0.3) is 0 Å². The Hall–Kier alpha value is -2.10. The van der Waals surface area contributed by atoms with Gasteiger partial charge in [-0.25, -0.2) is 0 Å². The van der Waals surface area contributed by atoms with Gasteiger partial charge in [0.2, 0.25) is 11.8 Å². The summed E-state index contributed by atoms with van der Waals surface area (Å²) in [7, 11) is 1.70. The Kier molecular flexibility index (Phi) is 5.36. The summed E-state index contributed by atoms with van der Waals surface area (Å²) in [4.78, 5) is 26.1. The monoisotopic (exact) mass is 300 g/mol. The molecule has 0 saturated carbocycles. The van der Waals surface area contributed by atoms with Crippen molar-refractivity contribution in [3.05, 3.63) is 41.5 Å². The van der Waals surface area contributed by atoms with E-state index in [0.717, 1.165) is 36.1 Å². The van der Waals surface area contributed by atoms with E-state index in [4.69, 9.17) is 0 Å². The minimum absolute atomic E-state index is 0.0167. The lowest BCUT2D eigenvalue weighted by Gasteiger charge is -2.24. The first-order valence-corrected chi connectivity index (χ1v) is 7.75. The number of benzene rings is 1. The Morgan fingerprint density at radius 2 is 1.91 bits per heavy atom. The second-order valence-corrected chi connectivity index (χ2v) is 5.99. The second-order valence-electron chi connectivity index (χ2n) is 5.99. The summed E-state index contributed by atoms with van der Waals surface area (Å²) >= 11 is 0. The molecule has 1 aromatic carbocycles. The van der Waals surface area contributed by atoms with E-state index in [0.29, 0.717) is 0 Å². The number of carbonyl (C=O) groups is 2. The van der Waals surface area contributed by atoms with Crippen molar-refractivity contribution in [3.8, 4) is 0 Å². The topological polar surface area (TPSA) is 49.4 Å². The number of nitrogens with one attached hydrogen (secondary N) is 1. The van der Waals surface area contributed by atoms with Crippen LogP contribution >= 0.6 is 0 Å². The highest BCUT2D eigenvalue weighted by Gasteiger charge is 2.23. The molecule has 2 amide bonds. The van der Waals surface area contributed by atoms with Gasteiger partial charge in [-0.3, -0.25) is 9.59 Å². The number of anilines is 1. The van der Waals surface area contributed by atoms with Crippen molar-refractivity contribution in [2.75, 3.05) is 18.9 Å². The molecule has 0 heterocycles. The Morgan fingerprint density at radius 3 is 2.50 bits per heavy atom. The molecule has 1 aromatic rings. The molecule has 22 heavy (non-hydrogen) atoms. The number of para-hydroxylation sites is 1. The predicted molar refractivity (Wildman–Crippen MR) is 88.7 cm³/mol. The van der Waals surface area contributed by atoms with Crippen LogP contribution < -0.4 is 5.32 Å². The third kappa shape index (κ3) is 3.97. The average Bonchev–Trinajstić information content (AvgIpc) is 2.51. The van der Waals surface area contributed by atoms with Gasteiger partial charge >= 0.3 is 0 Å². The zero-order valence-electron chi connectivity index (χ0n) is 13.6. The summed E-state index contributed by atoms with van der Waals surface area (Å²) in [6.07, 6.45) is 6.76. The minimum Gasteiger partial charge on any atom is -0.336 e. The molecular weight excluding hydrogens is 276 g/mol. The summed E-state index contributed by atoms with van der Waals surface area (Å²) in [6.45, 7) is 4.02. The van der Waals surface area contributed by atoms with Gasteiger partial charge in [-0.15, -0.1) is 0 Å². The molecule has 1 aliphatic carbocycles. The first-order chi connectivity index (χ1) is 10.5. The smallest absolute Gasteiger partial charge is 0.243 e. The molecule has 0 bridgehead atoms. The van der Waals surface area contributed by atoms with E-state index < -0.39 is 0 Å². The number of hydrogen-bond donors (Lipinski definition) is 1. The number of nitrogens with zero attached hydrogens (tertiary/aromatic N) is 1. The van der Waals surface area contributed by atoms with Crippen LogP contribution in [0.1, 0.15) is 30.4 Å². The second kappa shape index (κ2) is 7.25. The van der Waals surface area contributed by atoms with Crippen LogP contribution in [0.15, 0.2) is 30.4 Å². The Labute approximate surface area is 132 Å². The lowest BCUT2D eigenvalue weighted by Crippen LogP contribution is -2.39. The first-order valence-electron chi connectivity index (χ1n) is 7.75. The Bertz CT molecular complexity index is 572. The molecule has 0 saturated heterocycles. The molecule has 1 atom stereocenters. The third-order valence-electron chi connectivity index (χ3n) is 4.12. The Balaban J connectivity index is 1.94. The first kappa shape index (κ1) is 16.3. The van der Waals surface area contributed by atoms with E-state index in [1.165, 1.54) is 4.90 Å². The van der Waals surface area contributed by atoms with E-state index in [1.807, 2.05) is 32.0 Å². The predicted octanol–water partition coefficient (Wildman–Crippen LogP) is 3.06. The molecule has 4 nitrogen and oxygen atoms in total. The standard InChI is InChI=1S/C18H24N2O2/c1-13-8-7-9-14(2)17(13)19-16(21)12-20(3)18(22)15-10-5-4-6-11-15/h4-5,7-9,15H,6,10-12H2,1-3H3,(H,19,21). The normalized spacial score (nSPS) is 17.1. The van der Waals surface area contributed by atoms with E-state index >= 15 is 0 Å². The molecule has 0 fully saturated rings. The molecule has 0 radical (unpaired) electrons. The van der Waals surface area contributed by atoms with Gasteiger partial charge in [-0.05, 0) is 44.2 Å². The molecular formula is C18H24N2O2. The van der Waals surface area contributed by atoms with Crippen LogP contribution in [-0.2, 0) is 9.59 Å². The number of allylic oxidation sites excluding steroid dienone is 2. The van der Waals surface area contributed by atoms with Crippen molar-refractivity contribution in [3.63, 3.8) is 0 Å².